The largest absolute Gasteiger partial charge is 0.507 e. The Kier molecular flexibility index (Phi) is 6.20. The van der Waals surface area contributed by atoms with Crippen LogP contribution in [0.15, 0.2) is 73.2 Å². The van der Waals surface area contributed by atoms with Crippen molar-refractivity contribution in [3.8, 4) is 0 Å². The van der Waals surface area contributed by atoms with Gasteiger partial charge in [-0.2, -0.15) is 0 Å². The van der Waals surface area contributed by atoms with Crippen LogP contribution >= 0.6 is 0 Å². The van der Waals surface area contributed by atoms with Crippen molar-refractivity contribution in [1.29, 1.82) is 0 Å². The molecule has 0 fully saturated rings. The fraction of sp³-hybridized carbons (Fsp3) is 0.286. The van der Waals surface area contributed by atoms with Crippen molar-refractivity contribution >= 4 is 31.4 Å². The highest BCUT2D eigenvalue weighted by molar-refractivity contribution is 6.99. The van der Waals surface area contributed by atoms with Gasteiger partial charge in [-0.1, -0.05) is 81.4 Å². The summed E-state index contributed by atoms with van der Waals surface area (Å²) in [5.74, 6) is 0. The first-order valence-electron chi connectivity index (χ1n) is 9.47. The van der Waals surface area contributed by atoms with Crippen LogP contribution in [0.4, 0.5) is 0 Å². The van der Waals surface area contributed by atoms with Crippen LogP contribution in [0.5, 0.6) is 0 Å². The Balaban J connectivity index is 1.98. The van der Waals surface area contributed by atoms with Crippen molar-refractivity contribution in [3.63, 3.8) is 0 Å². The molecule has 0 spiro atoms. The molecule has 1 heterocycles. The molecule has 146 valence electrons. The van der Waals surface area contributed by atoms with Gasteiger partial charge in [-0.05, 0) is 15.4 Å². The van der Waals surface area contributed by atoms with E-state index in [-0.39, 0.29) is 5.04 Å². The second-order valence-electron chi connectivity index (χ2n) is 7.90. The Morgan fingerprint density at radius 2 is 1.50 bits per heavy atom. The first kappa shape index (κ1) is 20.5. The fourth-order valence-corrected chi connectivity index (χ4v) is 8.34. The van der Waals surface area contributed by atoms with Crippen molar-refractivity contribution in [1.82, 2.24) is 9.55 Å². The van der Waals surface area contributed by atoms with Crippen molar-refractivity contribution in [3.05, 3.63) is 73.2 Å². The quantitative estimate of drug-likeness (QED) is 0.590. The van der Waals surface area contributed by atoms with Crippen LogP contribution in [0.3, 0.4) is 0 Å². The summed E-state index contributed by atoms with van der Waals surface area (Å²) < 4.78 is 8.53. The SMILES string of the molecule is CC(C)(C)[Si](OCCn1cncc1B(O)O)(c1ccccc1)c1ccccc1. The molecule has 28 heavy (non-hydrogen) atoms. The first-order chi connectivity index (χ1) is 13.4. The third kappa shape index (κ3) is 3.98. The minimum absolute atomic E-state index is 0.0933. The van der Waals surface area contributed by atoms with Gasteiger partial charge in [-0.3, -0.25) is 0 Å². The maximum absolute atomic E-state index is 9.50. The Labute approximate surface area is 167 Å². The standard InChI is InChI=1S/C21H27BN2O3Si/c1-21(2,3)28(18-10-6-4-7-11-18,19-12-8-5-9-13-19)27-15-14-24-17-23-16-20(24)22(25)26/h4-13,16-17,25-26H,14-15H2,1-3H3. The van der Waals surface area contributed by atoms with Crippen molar-refractivity contribution in [2.75, 3.05) is 6.61 Å². The van der Waals surface area contributed by atoms with Gasteiger partial charge in [0.2, 0.25) is 0 Å². The zero-order valence-corrected chi connectivity index (χ0v) is 17.6. The summed E-state index contributed by atoms with van der Waals surface area (Å²) in [5, 5.41) is 21.4. The number of imidazole rings is 1. The number of hydrogen-bond donors (Lipinski definition) is 2. The lowest BCUT2D eigenvalue weighted by Crippen LogP contribution is -2.66. The average molecular weight is 394 g/mol. The zero-order chi connectivity index (χ0) is 20.2. The molecule has 0 atom stereocenters. The van der Waals surface area contributed by atoms with Gasteiger partial charge in [0.25, 0.3) is 8.32 Å². The van der Waals surface area contributed by atoms with Crippen LogP contribution in [0, 0.1) is 0 Å². The van der Waals surface area contributed by atoms with Crippen LogP contribution in [-0.2, 0) is 11.0 Å². The normalized spacial score (nSPS) is 12.2. The molecule has 0 bridgehead atoms. The molecular weight excluding hydrogens is 367 g/mol. The maximum atomic E-state index is 9.50. The molecule has 7 heteroatoms. The van der Waals surface area contributed by atoms with E-state index < -0.39 is 15.4 Å². The summed E-state index contributed by atoms with van der Waals surface area (Å²) in [7, 11) is -4.13. The number of rotatable bonds is 7. The van der Waals surface area contributed by atoms with Gasteiger partial charge >= 0.3 is 7.12 Å². The van der Waals surface area contributed by atoms with E-state index in [2.05, 4.69) is 74.3 Å². The summed E-state index contributed by atoms with van der Waals surface area (Å²) in [6.45, 7) is 7.65. The highest BCUT2D eigenvalue weighted by Gasteiger charge is 2.50. The van der Waals surface area contributed by atoms with E-state index in [0.717, 1.165) is 0 Å². The second kappa shape index (κ2) is 8.45. The number of nitrogens with zero attached hydrogens (tertiary/aromatic N) is 2. The molecule has 0 aliphatic heterocycles. The predicted molar refractivity (Wildman–Crippen MR) is 116 cm³/mol. The van der Waals surface area contributed by atoms with Crippen LogP contribution in [0.1, 0.15) is 20.8 Å². The molecule has 2 aromatic carbocycles. The zero-order valence-electron chi connectivity index (χ0n) is 16.6. The summed E-state index contributed by atoms with van der Waals surface area (Å²) in [4.78, 5) is 4.02. The Morgan fingerprint density at radius 3 is 1.96 bits per heavy atom. The van der Waals surface area contributed by atoms with Crippen LogP contribution in [0.25, 0.3) is 0 Å². The summed E-state index contributed by atoms with van der Waals surface area (Å²) >= 11 is 0. The molecule has 0 radical (unpaired) electrons. The van der Waals surface area contributed by atoms with Crippen LogP contribution in [0.2, 0.25) is 5.04 Å². The van der Waals surface area contributed by atoms with Crippen LogP contribution < -0.4 is 16.0 Å². The number of aromatic nitrogens is 2. The molecule has 0 saturated heterocycles. The molecule has 1 aromatic heterocycles. The average Bonchev–Trinajstić information content (AvgIpc) is 3.14. The topological polar surface area (TPSA) is 67.5 Å². The molecule has 3 rings (SSSR count). The third-order valence-electron chi connectivity index (χ3n) is 5.08. The number of hydrogen-bond acceptors (Lipinski definition) is 4. The van der Waals surface area contributed by atoms with E-state index in [1.54, 1.807) is 10.9 Å². The molecule has 3 aromatic rings. The van der Waals surface area contributed by atoms with Gasteiger partial charge in [0, 0.05) is 12.7 Å². The molecular formula is C21H27BN2O3Si. The number of benzene rings is 2. The van der Waals surface area contributed by atoms with Crippen LogP contribution in [-0.4, -0.2) is 41.6 Å². The lowest BCUT2D eigenvalue weighted by atomic mass is 9.87. The Hall–Kier alpha value is -2.19. The van der Waals surface area contributed by atoms with E-state index in [4.69, 9.17) is 4.43 Å². The molecule has 0 aliphatic carbocycles. The predicted octanol–water partition coefficient (Wildman–Crippen LogP) is 1.14. The molecule has 5 nitrogen and oxygen atoms in total. The highest BCUT2D eigenvalue weighted by atomic mass is 28.4. The van der Waals surface area contributed by atoms with Gasteiger partial charge < -0.3 is 19.0 Å². The van der Waals surface area contributed by atoms with E-state index in [1.165, 1.54) is 16.6 Å². The lowest BCUT2D eigenvalue weighted by Gasteiger charge is -2.43. The minimum atomic E-state index is -2.59. The molecule has 0 saturated carbocycles. The first-order valence-corrected chi connectivity index (χ1v) is 11.4. The smallest absolute Gasteiger partial charge is 0.422 e. The van der Waals surface area contributed by atoms with E-state index in [0.29, 0.717) is 18.7 Å². The van der Waals surface area contributed by atoms with Crippen molar-refractivity contribution < 1.29 is 14.5 Å². The second-order valence-corrected chi connectivity index (χ2v) is 12.2. The Morgan fingerprint density at radius 1 is 0.964 bits per heavy atom. The van der Waals surface area contributed by atoms with Crippen molar-refractivity contribution in [2.45, 2.75) is 32.4 Å². The highest BCUT2D eigenvalue weighted by Crippen LogP contribution is 2.36. The fourth-order valence-electron chi connectivity index (χ4n) is 3.79. The van der Waals surface area contributed by atoms with E-state index in [1.807, 2.05) is 12.1 Å². The molecule has 2 N–H and O–H groups in total. The maximum Gasteiger partial charge on any atom is 0.507 e. The minimum Gasteiger partial charge on any atom is -0.422 e. The third-order valence-corrected chi connectivity index (χ3v) is 10.1. The van der Waals surface area contributed by atoms with Crippen molar-refractivity contribution in [2.24, 2.45) is 0 Å². The summed E-state index contributed by atoms with van der Waals surface area (Å²) in [5.41, 5.74) is 0.367. The van der Waals surface area contributed by atoms with Gasteiger partial charge in [-0.25, -0.2) is 4.98 Å². The van der Waals surface area contributed by atoms with Gasteiger partial charge in [0.15, 0.2) is 0 Å². The Bertz CT molecular complexity index is 840. The molecule has 0 unspecified atom stereocenters. The monoisotopic (exact) mass is 394 g/mol. The molecule has 0 amide bonds. The summed E-state index contributed by atoms with van der Waals surface area (Å²) in [6.07, 6.45) is 3.07. The lowest BCUT2D eigenvalue weighted by molar-refractivity contribution is 0.281. The molecule has 0 aliphatic rings. The van der Waals surface area contributed by atoms with Gasteiger partial charge in [0.1, 0.15) is 0 Å². The van der Waals surface area contributed by atoms with Gasteiger partial charge in [-0.15, -0.1) is 0 Å². The van der Waals surface area contributed by atoms with Gasteiger partial charge in [0.05, 0.1) is 18.5 Å². The van der Waals surface area contributed by atoms with E-state index >= 15 is 0 Å². The van der Waals surface area contributed by atoms with E-state index in [9.17, 15) is 10.0 Å². The summed E-state index contributed by atoms with van der Waals surface area (Å²) in [6, 6.07) is 20.9.